The van der Waals surface area contributed by atoms with Crippen molar-refractivity contribution in [1.82, 2.24) is 5.32 Å². The van der Waals surface area contributed by atoms with Crippen LogP contribution in [-0.2, 0) is 4.74 Å². The summed E-state index contributed by atoms with van der Waals surface area (Å²) in [6.45, 7) is 4.55. The van der Waals surface area contributed by atoms with Crippen LogP contribution in [0.3, 0.4) is 0 Å². The normalized spacial score (nSPS) is 36.4. The molecule has 1 atom stereocenters. The Bertz CT molecular complexity index is 217. The first-order valence-electron chi connectivity index (χ1n) is 6.69. The molecular formula is C13H23NO. The van der Waals surface area contributed by atoms with E-state index in [2.05, 4.69) is 5.32 Å². The summed E-state index contributed by atoms with van der Waals surface area (Å²) in [6.07, 6.45) is 8.56. The molecule has 3 aliphatic rings. The van der Waals surface area contributed by atoms with Gasteiger partial charge in [0.2, 0.25) is 0 Å². The molecule has 86 valence electrons. The Labute approximate surface area is 92.8 Å². The summed E-state index contributed by atoms with van der Waals surface area (Å²) in [6, 6.07) is 0. The summed E-state index contributed by atoms with van der Waals surface area (Å²) in [4.78, 5) is 0. The Morgan fingerprint density at radius 2 is 1.80 bits per heavy atom. The zero-order valence-corrected chi connectivity index (χ0v) is 9.63. The zero-order chi connectivity index (χ0) is 10.1. The van der Waals surface area contributed by atoms with Crippen molar-refractivity contribution in [2.45, 2.75) is 38.5 Å². The van der Waals surface area contributed by atoms with E-state index < -0.39 is 0 Å². The molecule has 2 saturated heterocycles. The first-order chi connectivity index (χ1) is 7.41. The molecule has 3 fully saturated rings. The molecule has 1 saturated carbocycles. The van der Waals surface area contributed by atoms with Gasteiger partial charge in [0.25, 0.3) is 0 Å². The Kier molecular flexibility index (Phi) is 2.73. The SMILES string of the molecule is C1CCC(C2CNCC23CCOCC3)C1. The number of hydrogen-bond acceptors (Lipinski definition) is 2. The number of ether oxygens (including phenoxy) is 1. The third-order valence-electron chi connectivity index (χ3n) is 5.09. The predicted octanol–water partition coefficient (Wildman–Crippen LogP) is 2.19. The van der Waals surface area contributed by atoms with Crippen LogP contribution in [0.4, 0.5) is 0 Å². The fraction of sp³-hybridized carbons (Fsp3) is 1.00. The molecule has 1 N–H and O–H groups in total. The van der Waals surface area contributed by atoms with Crippen LogP contribution in [0.2, 0.25) is 0 Å². The van der Waals surface area contributed by atoms with Gasteiger partial charge in [-0.25, -0.2) is 0 Å². The van der Waals surface area contributed by atoms with Gasteiger partial charge in [0.05, 0.1) is 0 Å². The quantitative estimate of drug-likeness (QED) is 0.715. The van der Waals surface area contributed by atoms with Crippen LogP contribution in [0.1, 0.15) is 38.5 Å². The summed E-state index contributed by atoms with van der Waals surface area (Å²) in [5.74, 6) is 1.99. The lowest BCUT2D eigenvalue weighted by molar-refractivity contribution is -0.0103. The number of rotatable bonds is 1. The monoisotopic (exact) mass is 209 g/mol. The minimum absolute atomic E-state index is 0.618. The summed E-state index contributed by atoms with van der Waals surface area (Å²) < 4.78 is 5.54. The largest absolute Gasteiger partial charge is 0.381 e. The van der Waals surface area contributed by atoms with Gasteiger partial charge in [-0.3, -0.25) is 0 Å². The molecular weight excluding hydrogens is 186 g/mol. The minimum Gasteiger partial charge on any atom is -0.381 e. The molecule has 0 aromatic heterocycles. The molecule has 15 heavy (non-hydrogen) atoms. The molecule has 1 aliphatic carbocycles. The highest BCUT2D eigenvalue weighted by molar-refractivity contribution is 4.99. The highest BCUT2D eigenvalue weighted by atomic mass is 16.5. The van der Waals surface area contributed by atoms with Gasteiger partial charge in [-0.1, -0.05) is 25.7 Å². The maximum Gasteiger partial charge on any atom is 0.0471 e. The molecule has 0 radical (unpaired) electrons. The number of nitrogens with one attached hydrogen (secondary N) is 1. The molecule has 2 heteroatoms. The van der Waals surface area contributed by atoms with Crippen LogP contribution in [0.25, 0.3) is 0 Å². The van der Waals surface area contributed by atoms with Crippen LogP contribution in [0.15, 0.2) is 0 Å². The van der Waals surface area contributed by atoms with Gasteiger partial charge < -0.3 is 10.1 Å². The first-order valence-corrected chi connectivity index (χ1v) is 6.69. The van der Waals surface area contributed by atoms with Gasteiger partial charge in [-0.15, -0.1) is 0 Å². The third kappa shape index (κ3) is 1.72. The van der Waals surface area contributed by atoms with Gasteiger partial charge in [-0.05, 0) is 36.6 Å². The molecule has 3 rings (SSSR count). The van der Waals surface area contributed by atoms with Crippen molar-refractivity contribution in [2.24, 2.45) is 17.3 Å². The van der Waals surface area contributed by atoms with Crippen molar-refractivity contribution in [3.63, 3.8) is 0 Å². The van der Waals surface area contributed by atoms with E-state index in [0.717, 1.165) is 25.0 Å². The Balaban J connectivity index is 1.74. The average molecular weight is 209 g/mol. The van der Waals surface area contributed by atoms with Gasteiger partial charge in [0.15, 0.2) is 0 Å². The highest BCUT2D eigenvalue weighted by Gasteiger charge is 2.47. The maximum absolute atomic E-state index is 5.54. The van der Waals surface area contributed by atoms with Crippen molar-refractivity contribution in [2.75, 3.05) is 26.3 Å². The Hall–Kier alpha value is -0.0800. The molecule has 2 nitrogen and oxygen atoms in total. The zero-order valence-electron chi connectivity index (χ0n) is 9.63. The van der Waals surface area contributed by atoms with Crippen LogP contribution >= 0.6 is 0 Å². The molecule has 1 spiro atoms. The second-order valence-electron chi connectivity index (χ2n) is 5.76. The summed E-state index contributed by atoms with van der Waals surface area (Å²) >= 11 is 0. The van der Waals surface area contributed by atoms with Crippen molar-refractivity contribution in [3.05, 3.63) is 0 Å². The van der Waals surface area contributed by atoms with Crippen LogP contribution in [-0.4, -0.2) is 26.3 Å². The summed E-state index contributed by atoms with van der Waals surface area (Å²) in [5, 5.41) is 3.65. The van der Waals surface area contributed by atoms with Crippen molar-refractivity contribution >= 4 is 0 Å². The minimum atomic E-state index is 0.618. The van der Waals surface area contributed by atoms with E-state index in [1.807, 2.05) is 0 Å². The van der Waals surface area contributed by atoms with E-state index >= 15 is 0 Å². The van der Waals surface area contributed by atoms with E-state index in [-0.39, 0.29) is 0 Å². The molecule has 1 unspecified atom stereocenters. The highest BCUT2D eigenvalue weighted by Crippen LogP contribution is 2.48. The smallest absolute Gasteiger partial charge is 0.0471 e. The van der Waals surface area contributed by atoms with Crippen molar-refractivity contribution in [3.8, 4) is 0 Å². The topological polar surface area (TPSA) is 21.3 Å². The van der Waals surface area contributed by atoms with Gasteiger partial charge in [0, 0.05) is 19.8 Å². The average Bonchev–Trinajstić information content (AvgIpc) is 2.88. The van der Waals surface area contributed by atoms with Gasteiger partial charge in [-0.2, -0.15) is 0 Å². The van der Waals surface area contributed by atoms with Crippen LogP contribution in [0, 0.1) is 17.3 Å². The summed E-state index contributed by atoms with van der Waals surface area (Å²) in [7, 11) is 0. The Morgan fingerprint density at radius 3 is 2.53 bits per heavy atom. The fourth-order valence-corrected chi connectivity index (χ4v) is 4.18. The fourth-order valence-electron chi connectivity index (χ4n) is 4.18. The van der Waals surface area contributed by atoms with E-state index in [0.29, 0.717) is 5.41 Å². The van der Waals surface area contributed by atoms with Crippen LogP contribution < -0.4 is 5.32 Å². The van der Waals surface area contributed by atoms with Gasteiger partial charge >= 0.3 is 0 Å². The van der Waals surface area contributed by atoms with Gasteiger partial charge in [0.1, 0.15) is 0 Å². The van der Waals surface area contributed by atoms with E-state index in [1.165, 1.54) is 51.6 Å². The molecule has 2 heterocycles. The standard InChI is InChI=1S/C13H23NO/c1-2-4-11(3-1)12-9-14-10-13(12)5-7-15-8-6-13/h11-12,14H,1-10H2. The predicted molar refractivity (Wildman–Crippen MR) is 60.8 cm³/mol. The third-order valence-corrected chi connectivity index (χ3v) is 5.09. The molecule has 0 amide bonds. The molecule has 0 aromatic carbocycles. The second kappa shape index (κ2) is 4.06. The molecule has 0 aromatic rings. The lowest BCUT2D eigenvalue weighted by atomic mass is 9.67. The lowest BCUT2D eigenvalue weighted by Gasteiger charge is -2.40. The van der Waals surface area contributed by atoms with E-state index in [9.17, 15) is 0 Å². The van der Waals surface area contributed by atoms with Crippen LogP contribution in [0.5, 0.6) is 0 Å². The first kappa shape index (κ1) is 10.1. The van der Waals surface area contributed by atoms with E-state index in [4.69, 9.17) is 4.74 Å². The van der Waals surface area contributed by atoms with E-state index in [1.54, 1.807) is 0 Å². The van der Waals surface area contributed by atoms with Crippen molar-refractivity contribution in [1.29, 1.82) is 0 Å². The molecule has 0 bridgehead atoms. The lowest BCUT2D eigenvalue weighted by Crippen LogP contribution is -2.39. The maximum atomic E-state index is 5.54. The number of hydrogen-bond donors (Lipinski definition) is 1. The Morgan fingerprint density at radius 1 is 1.07 bits per heavy atom. The van der Waals surface area contributed by atoms with Crippen molar-refractivity contribution < 1.29 is 4.74 Å². The second-order valence-corrected chi connectivity index (χ2v) is 5.76. The summed E-state index contributed by atoms with van der Waals surface area (Å²) in [5.41, 5.74) is 0.618. The molecule has 2 aliphatic heterocycles.